The molecule has 4 nitrogen and oxygen atoms in total. The number of nitrogens with two attached hydrogens (primary N) is 1. The third-order valence-electron chi connectivity index (χ3n) is 5.44. The molecule has 2 N–H and O–H groups in total. The topological polar surface area (TPSA) is 59.2 Å². The van der Waals surface area contributed by atoms with Crippen LogP contribution in [0.5, 0.6) is 0 Å². The smallest absolute Gasteiger partial charge is 0.226 e. The Hall–Kier alpha value is -1.14. The van der Waals surface area contributed by atoms with Gasteiger partial charge in [0, 0.05) is 18.5 Å². The van der Waals surface area contributed by atoms with Gasteiger partial charge < -0.3 is 10.6 Å². The van der Waals surface area contributed by atoms with E-state index >= 15 is 0 Å². The van der Waals surface area contributed by atoms with Gasteiger partial charge >= 0.3 is 0 Å². The number of amides is 1. The van der Waals surface area contributed by atoms with Crippen LogP contribution in [0, 0.1) is 18.8 Å². The lowest BCUT2D eigenvalue weighted by Gasteiger charge is -2.29. The molecule has 7 heteroatoms. The van der Waals surface area contributed by atoms with Gasteiger partial charge in [-0.3, -0.25) is 4.79 Å². The lowest BCUT2D eigenvalue weighted by Crippen LogP contribution is -2.38. The number of halogens is 2. The summed E-state index contributed by atoms with van der Waals surface area (Å²) in [6.45, 7) is 4.74. The third kappa shape index (κ3) is 5.02. The molecule has 0 saturated heterocycles. The molecule has 3 atom stereocenters. The SMILES string of the molecule is Cc1nc(-c2ccccc2)sc1C(C)N(C)C(=O)[C@@H]1CCC[C@@H]1CN.Cl.Cl. The molecule has 1 aromatic carbocycles. The van der Waals surface area contributed by atoms with Crippen LogP contribution in [-0.2, 0) is 4.79 Å². The van der Waals surface area contributed by atoms with E-state index in [1.165, 1.54) is 0 Å². The van der Waals surface area contributed by atoms with Crippen molar-refractivity contribution in [3.63, 3.8) is 0 Å². The first-order valence-electron chi connectivity index (χ1n) is 9.02. The molecule has 1 aliphatic carbocycles. The molecule has 3 rings (SSSR count). The van der Waals surface area contributed by atoms with Gasteiger partial charge in [-0.05, 0) is 39.2 Å². The first-order chi connectivity index (χ1) is 12.0. The van der Waals surface area contributed by atoms with Gasteiger partial charge in [0.05, 0.1) is 16.6 Å². The van der Waals surface area contributed by atoms with E-state index in [2.05, 4.69) is 19.1 Å². The highest BCUT2D eigenvalue weighted by Crippen LogP contribution is 2.37. The van der Waals surface area contributed by atoms with Gasteiger partial charge in [0.1, 0.15) is 5.01 Å². The third-order valence-corrected chi connectivity index (χ3v) is 6.82. The predicted octanol–water partition coefficient (Wildman–Crippen LogP) is 4.86. The molecule has 2 aromatic rings. The molecule has 1 aliphatic rings. The second kappa shape index (κ2) is 10.4. The van der Waals surface area contributed by atoms with Crippen molar-refractivity contribution in [1.82, 2.24) is 9.88 Å². The van der Waals surface area contributed by atoms with E-state index < -0.39 is 0 Å². The van der Waals surface area contributed by atoms with Gasteiger partial charge in [0.2, 0.25) is 5.91 Å². The van der Waals surface area contributed by atoms with Crippen LogP contribution in [0.3, 0.4) is 0 Å². The number of thiazole rings is 1. The summed E-state index contributed by atoms with van der Waals surface area (Å²) in [6.07, 6.45) is 3.15. The standard InChI is InChI=1S/C20H27N3OS.2ClH/c1-13-18(25-19(22-13)15-8-5-4-6-9-15)14(2)23(3)20(24)17-11-7-10-16(17)12-21;;/h4-6,8-9,14,16-17H,7,10-12,21H2,1-3H3;2*1H/t14?,16-,17-;;/m1../s1. The van der Waals surface area contributed by atoms with Crippen molar-refractivity contribution in [3.05, 3.63) is 40.9 Å². The number of hydrogen-bond donors (Lipinski definition) is 1. The van der Waals surface area contributed by atoms with Crippen LogP contribution in [0.4, 0.5) is 0 Å². The fraction of sp³-hybridized carbons (Fsp3) is 0.500. The first kappa shape index (κ1) is 23.9. The number of benzene rings is 1. The average Bonchev–Trinajstić information content (AvgIpc) is 3.27. The highest BCUT2D eigenvalue weighted by Gasteiger charge is 2.35. The summed E-state index contributed by atoms with van der Waals surface area (Å²) in [4.78, 5) is 20.8. The molecule has 1 unspecified atom stereocenters. The number of carbonyl (C=O) groups is 1. The number of aromatic nitrogens is 1. The lowest BCUT2D eigenvalue weighted by atomic mass is 9.94. The Labute approximate surface area is 178 Å². The Kier molecular flexibility index (Phi) is 9.22. The van der Waals surface area contributed by atoms with Crippen molar-refractivity contribution in [2.75, 3.05) is 13.6 Å². The van der Waals surface area contributed by atoms with E-state index in [0.29, 0.717) is 12.5 Å². The van der Waals surface area contributed by atoms with E-state index in [0.717, 1.165) is 40.4 Å². The number of carbonyl (C=O) groups excluding carboxylic acids is 1. The second-order valence-electron chi connectivity index (χ2n) is 6.99. The summed E-state index contributed by atoms with van der Waals surface area (Å²) in [5.41, 5.74) is 8.00. The molecule has 0 spiro atoms. The second-order valence-corrected chi connectivity index (χ2v) is 8.02. The summed E-state index contributed by atoms with van der Waals surface area (Å²) in [6, 6.07) is 10.2. The van der Waals surface area contributed by atoms with Crippen molar-refractivity contribution in [2.24, 2.45) is 17.6 Å². The fourth-order valence-electron chi connectivity index (χ4n) is 3.77. The van der Waals surface area contributed by atoms with Gasteiger partial charge in [-0.1, -0.05) is 36.8 Å². The van der Waals surface area contributed by atoms with E-state index in [1.807, 2.05) is 37.1 Å². The highest BCUT2D eigenvalue weighted by atomic mass is 35.5. The molecule has 1 amide bonds. The van der Waals surface area contributed by atoms with E-state index in [9.17, 15) is 4.79 Å². The molecule has 1 aromatic heterocycles. The first-order valence-corrected chi connectivity index (χ1v) is 9.84. The van der Waals surface area contributed by atoms with Gasteiger partial charge in [0.15, 0.2) is 0 Å². The Morgan fingerprint density at radius 3 is 2.59 bits per heavy atom. The summed E-state index contributed by atoms with van der Waals surface area (Å²) in [7, 11) is 1.92. The van der Waals surface area contributed by atoms with Gasteiger partial charge in [-0.25, -0.2) is 4.98 Å². The van der Waals surface area contributed by atoms with Crippen molar-refractivity contribution in [1.29, 1.82) is 0 Å². The molecule has 27 heavy (non-hydrogen) atoms. The van der Waals surface area contributed by atoms with Crippen molar-refractivity contribution < 1.29 is 4.79 Å². The number of hydrogen-bond acceptors (Lipinski definition) is 4. The number of aryl methyl sites for hydroxylation is 1. The Balaban J connectivity index is 0.00000182. The summed E-state index contributed by atoms with van der Waals surface area (Å²) in [5.74, 6) is 0.651. The molecular formula is C20H29Cl2N3OS. The minimum Gasteiger partial charge on any atom is -0.338 e. The zero-order valence-corrected chi connectivity index (χ0v) is 18.5. The summed E-state index contributed by atoms with van der Waals surface area (Å²) in [5, 5.41) is 1.02. The minimum absolute atomic E-state index is 0. The summed E-state index contributed by atoms with van der Waals surface area (Å²) < 4.78 is 0. The van der Waals surface area contributed by atoms with Crippen molar-refractivity contribution in [3.8, 4) is 10.6 Å². The zero-order valence-electron chi connectivity index (χ0n) is 16.1. The quantitative estimate of drug-likeness (QED) is 0.737. The van der Waals surface area contributed by atoms with E-state index in [4.69, 9.17) is 10.7 Å². The monoisotopic (exact) mass is 429 g/mol. The van der Waals surface area contributed by atoms with Crippen LogP contribution >= 0.6 is 36.2 Å². The predicted molar refractivity (Wildman–Crippen MR) is 118 cm³/mol. The molecule has 1 saturated carbocycles. The maximum Gasteiger partial charge on any atom is 0.226 e. The Bertz CT molecular complexity index is 738. The van der Waals surface area contributed by atoms with Gasteiger partial charge in [-0.2, -0.15) is 0 Å². The fourth-order valence-corrected chi connectivity index (χ4v) is 4.94. The van der Waals surface area contributed by atoms with Crippen LogP contribution in [0.15, 0.2) is 30.3 Å². The molecular weight excluding hydrogens is 401 g/mol. The zero-order chi connectivity index (χ0) is 18.0. The minimum atomic E-state index is 0. The molecule has 1 heterocycles. The van der Waals surface area contributed by atoms with Crippen LogP contribution in [0.25, 0.3) is 10.6 Å². The lowest BCUT2D eigenvalue weighted by molar-refractivity contribution is -0.137. The Morgan fingerprint density at radius 1 is 1.30 bits per heavy atom. The molecule has 0 radical (unpaired) electrons. The molecule has 0 aliphatic heterocycles. The number of rotatable bonds is 5. The highest BCUT2D eigenvalue weighted by molar-refractivity contribution is 7.15. The summed E-state index contributed by atoms with van der Waals surface area (Å²) >= 11 is 1.69. The van der Waals surface area contributed by atoms with Crippen molar-refractivity contribution in [2.45, 2.75) is 39.2 Å². The van der Waals surface area contributed by atoms with Gasteiger partial charge in [0.25, 0.3) is 0 Å². The van der Waals surface area contributed by atoms with Crippen LogP contribution < -0.4 is 5.73 Å². The largest absolute Gasteiger partial charge is 0.338 e. The molecule has 150 valence electrons. The maximum atomic E-state index is 13.0. The Morgan fingerprint density at radius 2 is 1.96 bits per heavy atom. The van der Waals surface area contributed by atoms with Crippen LogP contribution in [0.2, 0.25) is 0 Å². The molecule has 0 bridgehead atoms. The van der Waals surface area contributed by atoms with Crippen LogP contribution in [-0.4, -0.2) is 29.4 Å². The normalized spacial score (nSPS) is 19.7. The van der Waals surface area contributed by atoms with Crippen LogP contribution in [0.1, 0.15) is 42.8 Å². The average molecular weight is 430 g/mol. The maximum absolute atomic E-state index is 13.0. The van der Waals surface area contributed by atoms with Gasteiger partial charge in [-0.15, -0.1) is 36.2 Å². The number of nitrogens with zero attached hydrogens (tertiary/aromatic N) is 2. The van der Waals surface area contributed by atoms with E-state index in [-0.39, 0.29) is 42.7 Å². The van der Waals surface area contributed by atoms with Crippen molar-refractivity contribution >= 4 is 42.1 Å². The molecule has 1 fully saturated rings. The van der Waals surface area contributed by atoms with E-state index in [1.54, 1.807) is 11.3 Å².